The first kappa shape index (κ1) is 21.3. The molecule has 0 saturated carbocycles. The van der Waals surface area contributed by atoms with E-state index in [1.165, 1.54) is 18.6 Å². The van der Waals surface area contributed by atoms with E-state index in [4.69, 9.17) is 4.74 Å². The molecule has 1 heterocycles. The van der Waals surface area contributed by atoms with Gasteiger partial charge in [0.1, 0.15) is 0 Å². The van der Waals surface area contributed by atoms with Crippen molar-refractivity contribution in [2.45, 2.75) is 19.8 Å². The van der Waals surface area contributed by atoms with Crippen molar-refractivity contribution in [2.75, 3.05) is 64.5 Å². The normalized spacial score (nSPS) is 16.4. The third kappa shape index (κ3) is 11.5. The highest BCUT2D eigenvalue weighted by molar-refractivity contribution is 14.0. The van der Waals surface area contributed by atoms with E-state index in [0.29, 0.717) is 0 Å². The second-order valence-corrected chi connectivity index (χ2v) is 5.83. The van der Waals surface area contributed by atoms with E-state index in [1.54, 1.807) is 0 Å². The highest BCUT2D eigenvalue weighted by Crippen LogP contribution is 1.99. The zero-order valence-electron chi connectivity index (χ0n) is 13.4. The van der Waals surface area contributed by atoms with Gasteiger partial charge in [-0.2, -0.15) is 11.8 Å². The molecule has 1 aliphatic heterocycles. The number of aliphatic imine (C=N–C) groups is 1. The molecule has 1 fully saturated rings. The number of halogens is 1. The Balaban J connectivity index is 0.00000400. The maximum Gasteiger partial charge on any atom is 0.191 e. The summed E-state index contributed by atoms with van der Waals surface area (Å²) in [5, 5.41) is 6.71. The summed E-state index contributed by atoms with van der Waals surface area (Å²) in [7, 11) is 0. The molecule has 0 spiro atoms. The van der Waals surface area contributed by atoms with Crippen LogP contribution in [0.15, 0.2) is 4.99 Å². The van der Waals surface area contributed by atoms with Crippen LogP contribution < -0.4 is 10.6 Å². The minimum atomic E-state index is 0. The molecule has 21 heavy (non-hydrogen) atoms. The molecule has 0 aliphatic carbocycles. The number of ether oxygens (including phenoxy) is 1. The predicted octanol–water partition coefficient (Wildman–Crippen LogP) is 1.63. The molecule has 0 aromatic carbocycles. The van der Waals surface area contributed by atoms with Crippen molar-refractivity contribution in [1.29, 1.82) is 0 Å². The Labute approximate surface area is 151 Å². The van der Waals surface area contributed by atoms with Gasteiger partial charge in [-0.1, -0.05) is 0 Å². The van der Waals surface area contributed by atoms with Crippen LogP contribution in [0.5, 0.6) is 0 Å². The second-order valence-electron chi connectivity index (χ2n) is 4.84. The van der Waals surface area contributed by atoms with E-state index in [9.17, 15) is 0 Å². The number of guanidine groups is 1. The van der Waals surface area contributed by atoms with Gasteiger partial charge in [0.05, 0.1) is 13.2 Å². The lowest BCUT2D eigenvalue weighted by molar-refractivity contribution is 0.0389. The Morgan fingerprint density at radius 2 is 2.00 bits per heavy atom. The van der Waals surface area contributed by atoms with Crippen LogP contribution in [0, 0.1) is 0 Å². The number of unbranched alkanes of at least 4 members (excludes halogenated alkanes) is 1. The molecule has 5 nitrogen and oxygen atoms in total. The maximum absolute atomic E-state index is 5.35. The molecule has 7 heteroatoms. The number of hydrogen-bond donors (Lipinski definition) is 2. The number of thioether (sulfide) groups is 1. The third-order valence-electron chi connectivity index (χ3n) is 3.19. The number of hydrogen-bond acceptors (Lipinski definition) is 4. The van der Waals surface area contributed by atoms with Gasteiger partial charge in [-0.05, 0) is 31.8 Å². The molecule has 0 atom stereocenters. The van der Waals surface area contributed by atoms with Crippen LogP contribution in [0.1, 0.15) is 19.8 Å². The molecule has 2 N–H and O–H groups in total. The maximum atomic E-state index is 5.35. The molecule has 126 valence electrons. The number of nitrogens with one attached hydrogen (secondary N) is 2. The first-order valence-electron chi connectivity index (χ1n) is 7.68. The molecule has 0 aromatic rings. The van der Waals surface area contributed by atoms with Gasteiger partial charge in [0.25, 0.3) is 0 Å². The van der Waals surface area contributed by atoms with Crippen LogP contribution in [-0.2, 0) is 4.74 Å². The van der Waals surface area contributed by atoms with Crippen molar-refractivity contribution in [3.8, 4) is 0 Å². The molecule has 0 bridgehead atoms. The van der Waals surface area contributed by atoms with Crippen LogP contribution in [0.2, 0.25) is 0 Å². The summed E-state index contributed by atoms with van der Waals surface area (Å²) in [5.41, 5.74) is 0. The zero-order valence-corrected chi connectivity index (χ0v) is 16.5. The van der Waals surface area contributed by atoms with E-state index in [1.807, 2.05) is 11.8 Å². The number of rotatable bonds is 9. The summed E-state index contributed by atoms with van der Waals surface area (Å²) in [6.07, 6.45) is 4.57. The molecule has 0 aromatic heterocycles. The van der Waals surface area contributed by atoms with E-state index < -0.39 is 0 Å². The van der Waals surface area contributed by atoms with Gasteiger partial charge in [-0.25, -0.2) is 0 Å². The van der Waals surface area contributed by atoms with E-state index in [-0.39, 0.29) is 24.0 Å². The summed E-state index contributed by atoms with van der Waals surface area (Å²) in [6, 6.07) is 0. The molecule has 0 amide bonds. The van der Waals surface area contributed by atoms with E-state index in [2.05, 4.69) is 33.7 Å². The van der Waals surface area contributed by atoms with Crippen LogP contribution in [0.25, 0.3) is 0 Å². The largest absolute Gasteiger partial charge is 0.379 e. The second kappa shape index (κ2) is 15.2. The minimum Gasteiger partial charge on any atom is -0.379 e. The average Bonchev–Trinajstić information content (AvgIpc) is 2.48. The monoisotopic (exact) mass is 430 g/mol. The standard InChI is InChI=1S/C14H30N4OS.HI/c1-3-15-14(16-6-4-5-13-20-2)17-7-8-18-9-11-19-12-10-18;/h3-13H2,1-2H3,(H2,15,16,17);1H. The van der Waals surface area contributed by atoms with Crippen LogP contribution >= 0.6 is 35.7 Å². The molecule has 1 saturated heterocycles. The van der Waals surface area contributed by atoms with Crippen LogP contribution in [-0.4, -0.2) is 75.4 Å². The summed E-state index contributed by atoms with van der Waals surface area (Å²) >= 11 is 1.90. The highest BCUT2D eigenvalue weighted by Gasteiger charge is 2.09. The SMILES string of the molecule is CCNC(=NCCCCSC)NCCN1CCOCC1.I. The van der Waals surface area contributed by atoms with E-state index >= 15 is 0 Å². The zero-order chi connectivity index (χ0) is 14.5. The average molecular weight is 430 g/mol. The lowest BCUT2D eigenvalue weighted by Gasteiger charge is -2.26. The Morgan fingerprint density at radius 3 is 2.67 bits per heavy atom. The predicted molar refractivity (Wildman–Crippen MR) is 104 cm³/mol. The quantitative estimate of drug-likeness (QED) is 0.252. The molecule has 0 radical (unpaired) electrons. The van der Waals surface area contributed by atoms with Crippen molar-refractivity contribution >= 4 is 41.7 Å². The smallest absolute Gasteiger partial charge is 0.191 e. The van der Waals surface area contributed by atoms with Gasteiger partial charge >= 0.3 is 0 Å². The first-order valence-corrected chi connectivity index (χ1v) is 9.07. The van der Waals surface area contributed by atoms with Crippen LogP contribution in [0.3, 0.4) is 0 Å². The molecule has 0 unspecified atom stereocenters. The van der Waals surface area contributed by atoms with Gasteiger partial charge in [-0.15, -0.1) is 24.0 Å². The Morgan fingerprint density at radius 1 is 1.24 bits per heavy atom. The van der Waals surface area contributed by atoms with Gasteiger partial charge in [-0.3, -0.25) is 9.89 Å². The summed E-state index contributed by atoms with van der Waals surface area (Å²) < 4.78 is 5.35. The van der Waals surface area contributed by atoms with Crippen molar-refractivity contribution in [2.24, 2.45) is 4.99 Å². The van der Waals surface area contributed by atoms with Crippen molar-refractivity contribution < 1.29 is 4.74 Å². The fourth-order valence-electron chi connectivity index (χ4n) is 2.05. The lowest BCUT2D eigenvalue weighted by atomic mass is 10.3. The topological polar surface area (TPSA) is 48.9 Å². The summed E-state index contributed by atoms with van der Waals surface area (Å²) in [6.45, 7) is 9.74. The number of nitrogens with zero attached hydrogens (tertiary/aromatic N) is 2. The molecule has 1 rings (SSSR count). The molecular weight excluding hydrogens is 399 g/mol. The Kier molecular flexibility index (Phi) is 15.4. The Hall–Kier alpha value is 0.270. The Bertz CT molecular complexity index is 263. The molecule has 1 aliphatic rings. The van der Waals surface area contributed by atoms with E-state index in [0.717, 1.165) is 58.4 Å². The lowest BCUT2D eigenvalue weighted by Crippen LogP contribution is -2.44. The molecular formula is C14H31IN4OS. The summed E-state index contributed by atoms with van der Waals surface area (Å²) in [4.78, 5) is 7.04. The van der Waals surface area contributed by atoms with Gasteiger partial charge in [0, 0.05) is 39.3 Å². The number of morpholine rings is 1. The van der Waals surface area contributed by atoms with Crippen molar-refractivity contribution in [1.82, 2.24) is 15.5 Å². The summed E-state index contributed by atoms with van der Waals surface area (Å²) in [5.74, 6) is 2.18. The highest BCUT2D eigenvalue weighted by atomic mass is 127. The van der Waals surface area contributed by atoms with Gasteiger partial charge < -0.3 is 15.4 Å². The minimum absolute atomic E-state index is 0. The van der Waals surface area contributed by atoms with Gasteiger partial charge in [0.2, 0.25) is 0 Å². The van der Waals surface area contributed by atoms with Crippen LogP contribution in [0.4, 0.5) is 0 Å². The van der Waals surface area contributed by atoms with Crippen molar-refractivity contribution in [3.05, 3.63) is 0 Å². The fraction of sp³-hybridized carbons (Fsp3) is 0.929. The van der Waals surface area contributed by atoms with Crippen molar-refractivity contribution in [3.63, 3.8) is 0 Å². The first-order chi connectivity index (χ1) is 9.86. The van der Waals surface area contributed by atoms with Gasteiger partial charge in [0.15, 0.2) is 5.96 Å². The fourth-order valence-corrected chi connectivity index (χ4v) is 2.54. The third-order valence-corrected chi connectivity index (χ3v) is 3.89.